The van der Waals surface area contributed by atoms with Gasteiger partial charge in [0.25, 0.3) is 0 Å². The molecule has 9 nitrogen and oxygen atoms in total. The van der Waals surface area contributed by atoms with Gasteiger partial charge in [0, 0.05) is 12.0 Å². The van der Waals surface area contributed by atoms with Crippen molar-refractivity contribution >= 4 is 18.0 Å². The van der Waals surface area contributed by atoms with Crippen LogP contribution in [0.15, 0.2) is 78.9 Å². The van der Waals surface area contributed by atoms with Crippen molar-refractivity contribution in [2.45, 2.75) is 56.5 Å². The number of benzene rings is 3. The molecule has 1 aliphatic carbocycles. The molecule has 4 atom stereocenters. The molecule has 0 aromatic heterocycles. The Morgan fingerprint density at radius 3 is 2.17 bits per heavy atom. The first-order chi connectivity index (χ1) is 19.8. The molecule has 1 amide bonds. The number of amides is 1. The van der Waals surface area contributed by atoms with Crippen molar-refractivity contribution in [2.24, 2.45) is 0 Å². The van der Waals surface area contributed by atoms with E-state index < -0.39 is 42.3 Å². The Morgan fingerprint density at radius 1 is 0.927 bits per heavy atom. The average Bonchev–Trinajstić information content (AvgIpc) is 3.58. The van der Waals surface area contributed by atoms with Crippen LogP contribution >= 0.6 is 0 Å². The van der Waals surface area contributed by atoms with E-state index in [1.165, 1.54) is 0 Å². The predicted molar refractivity (Wildman–Crippen MR) is 151 cm³/mol. The highest BCUT2D eigenvalue weighted by Crippen LogP contribution is 2.44. The number of hydrogen-bond acceptors (Lipinski definition) is 7. The number of carboxylic acid groups (broad SMARTS) is 1. The van der Waals surface area contributed by atoms with Gasteiger partial charge < -0.3 is 25.0 Å². The van der Waals surface area contributed by atoms with Crippen molar-refractivity contribution < 1.29 is 34.1 Å². The fraction of sp³-hybridized carbons (Fsp3) is 0.344. The van der Waals surface area contributed by atoms with Gasteiger partial charge in [-0.3, -0.25) is 9.69 Å². The minimum absolute atomic E-state index is 0.0870. The van der Waals surface area contributed by atoms with E-state index in [4.69, 9.17) is 9.47 Å². The van der Waals surface area contributed by atoms with E-state index in [0.29, 0.717) is 19.4 Å². The van der Waals surface area contributed by atoms with Crippen LogP contribution in [0.3, 0.4) is 0 Å². The number of hydrogen-bond donors (Lipinski definition) is 3. The summed E-state index contributed by atoms with van der Waals surface area (Å²) in [6.45, 7) is 2.15. The number of carbonyl (C=O) groups excluding carboxylic acids is 2. The van der Waals surface area contributed by atoms with Gasteiger partial charge in [0.2, 0.25) is 0 Å². The first-order valence-corrected chi connectivity index (χ1v) is 13.8. The summed E-state index contributed by atoms with van der Waals surface area (Å²) in [5.41, 5.74) is 5.19. The Hall–Kier alpha value is -4.21. The van der Waals surface area contributed by atoms with Crippen molar-refractivity contribution in [2.75, 3.05) is 13.2 Å². The maximum absolute atomic E-state index is 13.0. The number of alkyl carbamates (subject to hydrolysis) is 1. The summed E-state index contributed by atoms with van der Waals surface area (Å²) in [6.07, 6.45) is -1.51. The van der Waals surface area contributed by atoms with Crippen molar-refractivity contribution in [3.63, 3.8) is 0 Å². The smallest absolute Gasteiger partial charge is 0.407 e. The molecule has 0 spiro atoms. The van der Waals surface area contributed by atoms with Crippen LogP contribution in [0.25, 0.3) is 11.1 Å². The Kier molecular flexibility index (Phi) is 8.66. The van der Waals surface area contributed by atoms with E-state index in [1.807, 2.05) is 78.9 Å². The molecule has 2 aliphatic rings. The number of carbonyl (C=O) groups is 3. The second kappa shape index (κ2) is 12.5. The van der Waals surface area contributed by atoms with Crippen LogP contribution in [0.1, 0.15) is 42.4 Å². The number of ether oxygens (including phenoxy) is 2. The minimum Gasteiger partial charge on any atom is -0.479 e. The lowest BCUT2D eigenvalue weighted by Crippen LogP contribution is -2.60. The average molecular weight is 559 g/mol. The molecular formula is C32H34N2O7. The Balaban J connectivity index is 1.25. The van der Waals surface area contributed by atoms with Crippen LogP contribution < -0.4 is 5.32 Å². The number of aliphatic hydroxyl groups is 1. The second-order valence-corrected chi connectivity index (χ2v) is 10.5. The van der Waals surface area contributed by atoms with Crippen LogP contribution in [0.5, 0.6) is 0 Å². The molecule has 1 fully saturated rings. The maximum Gasteiger partial charge on any atom is 0.407 e. The first-order valence-electron chi connectivity index (χ1n) is 13.8. The third-order valence-corrected chi connectivity index (χ3v) is 7.95. The highest BCUT2D eigenvalue weighted by molar-refractivity contribution is 5.79. The normalized spacial score (nSPS) is 18.5. The molecule has 3 N–H and O–H groups in total. The Morgan fingerprint density at radius 2 is 1.54 bits per heavy atom. The molecule has 41 heavy (non-hydrogen) atoms. The number of likely N-dealkylation sites (tertiary alicyclic amines) is 1. The zero-order valence-corrected chi connectivity index (χ0v) is 22.8. The molecule has 0 radical (unpaired) electrons. The van der Waals surface area contributed by atoms with Crippen molar-refractivity contribution in [3.8, 4) is 11.1 Å². The number of carboxylic acids is 1. The molecule has 5 rings (SSSR count). The number of fused-ring (bicyclic) bond motifs is 3. The van der Waals surface area contributed by atoms with E-state index in [0.717, 1.165) is 27.8 Å². The van der Waals surface area contributed by atoms with E-state index in [1.54, 1.807) is 11.8 Å². The van der Waals surface area contributed by atoms with Crippen molar-refractivity contribution in [3.05, 3.63) is 95.6 Å². The van der Waals surface area contributed by atoms with Crippen LogP contribution in [0.4, 0.5) is 4.79 Å². The monoisotopic (exact) mass is 558 g/mol. The summed E-state index contributed by atoms with van der Waals surface area (Å²) in [6, 6.07) is 22.6. The number of nitrogens with one attached hydrogen (secondary N) is 1. The molecule has 1 heterocycles. The third kappa shape index (κ3) is 6.11. The van der Waals surface area contributed by atoms with Gasteiger partial charge in [0.05, 0.1) is 6.04 Å². The molecular weight excluding hydrogens is 524 g/mol. The van der Waals surface area contributed by atoms with E-state index >= 15 is 0 Å². The number of aliphatic hydroxyl groups excluding tert-OH is 1. The van der Waals surface area contributed by atoms with Gasteiger partial charge in [-0.15, -0.1) is 0 Å². The van der Waals surface area contributed by atoms with E-state index in [-0.39, 0.29) is 19.1 Å². The summed E-state index contributed by atoms with van der Waals surface area (Å²) in [4.78, 5) is 39.5. The minimum atomic E-state index is -1.85. The lowest BCUT2D eigenvalue weighted by Gasteiger charge is -2.37. The molecule has 0 saturated carbocycles. The van der Waals surface area contributed by atoms with Crippen LogP contribution in [-0.4, -0.2) is 70.5 Å². The van der Waals surface area contributed by atoms with Gasteiger partial charge in [-0.1, -0.05) is 78.9 Å². The van der Waals surface area contributed by atoms with Crippen LogP contribution in [-0.2, 0) is 25.7 Å². The lowest BCUT2D eigenvalue weighted by atomic mass is 9.98. The molecule has 0 bridgehead atoms. The van der Waals surface area contributed by atoms with Crippen LogP contribution in [0.2, 0.25) is 0 Å². The van der Waals surface area contributed by atoms with Gasteiger partial charge in [-0.2, -0.15) is 0 Å². The summed E-state index contributed by atoms with van der Waals surface area (Å²) < 4.78 is 11.2. The second-order valence-electron chi connectivity index (χ2n) is 10.5. The SMILES string of the molecule is C[C@H](NC(=O)OCC1c2ccccc2-c2ccccc21)[C@@H](C(O)C(=O)O)N1CCC[C@H]1C(=O)OCc1ccccc1. The van der Waals surface area contributed by atoms with E-state index in [2.05, 4.69) is 5.32 Å². The lowest BCUT2D eigenvalue weighted by molar-refractivity contribution is -0.158. The Labute approximate surface area is 238 Å². The highest BCUT2D eigenvalue weighted by atomic mass is 16.5. The quantitative estimate of drug-likeness (QED) is 0.320. The predicted octanol–water partition coefficient (Wildman–Crippen LogP) is 3.94. The topological polar surface area (TPSA) is 125 Å². The number of nitrogens with zero attached hydrogens (tertiary/aromatic N) is 1. The third-order valence-electron chi connectivity index (χ3n) is 7.95. The standard InChI is InChI=1S/C32H34N2O7/c1-20(33-32(39)41-19-26-24-14-7-5-12-22(24)23-13-6-8-15-25(23)26)28(29(35)30(36)37)34-17-9-16-27(34)31(38)40-18-21-10-3-2-4-11-21/h2-8,10-15,20,26-29,35H,9,16-19H2,1H3,(H,33,39)(H,36,37)/t20-,27-,28-,29?/m0/s1. The highest BCUT2D eigenvalue weighted by Gasteiger charge is 2.44. The largest absolute Gasteiger partial charge is 0.479 e. The maximum atomic E-state index is 13.0. The molecule has 1 saturated heterocycles. The number of esters is 1. The van der Waals surface area contributed by atoms with Crippen LogP contribution in [0, 0.1) is 0 Å². The fourth-order valence-corrected chi connectivity index (χ4v) is 6.02. The first kappa shape index (κ1) is 28.3. The molecule has 3 aromatic carbocycles. The van der Waals surface area contributed by atoms with Crippen molar-refractivity contribution in [1.82, 2.24) is 10.2 Å². The van der Waals surface area contributed by atoms with Gasteiger partial charge in [-0.05, 0) is 54.1 Å². The van der Waals surface area contributed by atoms with Gasteiger partial charge in [0.15, 0.2) is 6.10 Å². The van der Waals surface area contributed by atoms with Gasteiger partial charge in [0.1, 0.15) is 19.3 Å². The molecule has 1 unspecified atom stereocenters. The summed E-state index contributed by atoms with van der Waals surface area (Å²) >= 11 is 0. The summed E-state index contributed by atoms with van der Waals surface area (Å²) in [5.74, 6) is -2.08. The number of aliphatic carboxylic acids is 1. The van der Waals surface area contributed by atoms with Crippen molar-refractivity contribution in [1.29, 1.82) is 0 Å². The summed E-state index contributed by atoms with van der Waals surface area (Å²) in [5, 5.41) is 23.0. The Bertz CT molecular complexity index is 1350. The molecule has 1 aliphatic heterocycles. The summed E-state index contributed by atoms with van der Waals surface area (Å²) in [7, 11) is 0. The zero-order chi connectivity index (χ0) is 28.9. The molecule has 3 aromatic rings. The zero-order valence-electron chi connectivity index (χ0n) is 22.8. The number of rotatable bonds is 10. The van der Waals surface area contributed by atoms with Gasteiger partial charge >= 0.3 is 18.0 Å². The van der Waals surface area contributed by atoms with Gasteiger partial charge in [-0.25, -0.2) is 9.59 Å². The fourth-order valence-electron chi connectivity index (χ4n) is 6.02. The molecule has 214 valence electrons. The molecule has 9 heteroatoms. The van der Waals surface area contributed by atoms with E-state index in [9.17, 15) is 24.6 Å².